The second-order valence-electron chi connectivity index (χ2n) is 7.97. The van der Waals surface area contributed by atoms with E-state index < -0.39 is 16.1 Å². The van der Waals surface area contributed by atoms with E-state index in [4.69, 9.17) is 4.74 Å². The quantitative estimate of drug-likeness (QED) is 0.521. The van der Waals surface area contributed by atoms with E-state index in [0.29, 0.717) is 22.7 Å². The Bertz CT molecular complexity index is 1240. The minimum Gasteiger partial charge on any atom is -0.481 e. The highest BCUT2D eigenvalue weighted by atomic mass is 32.2. The lowest BCUT2D eigenvalue weighted by atomic mass is 10.1. The molecule has 0 spiro atoms. The number of aryl methyl sites for hydroxylation is 4. The molecule has 0 unspecified atom stereocenters. The van der Waals surface area contributed by atoms with Gasteiger partial charge in [-0.05, 0) is 76.1 Å². The number of amides is 1. The molecule has 0 aromatic heterocycles. The number of sulfonamides is 1. The van der Waals surface area contributed by atoms with Gasteiger partial charge in [0.25, 0.3) is 15.9 Å². The van der Waals surface area contributed by atoms with Gasteiger partial charge >= 0.3 is 0 Å². The molecular formula is C25H28N2O4S. The lowest BCUT2D eigenvalue weighted by molar-refractivity contribution is -0.122. The highest BCUT2D eigenvalue weighted by molar-refractivity contribution is 7.92. The van der Waals surface area contributed by atoms with Crippen molar-refractivity contribution in [2.24, 2.45) is 0 Å². The van der Waals surface area contributed by atoms with Crippen LogP contribution in [0.25, 0.3) is 0 Å². The molecule has 0 bridgehead atoms. The summed E-state index contributed by atoms with van der Waals surface area (Å²) in [4.78, 5) is 12.7. The van der Waals surface area contributed by atoms with Crippen molar-refractivity contribution < 1.29 is 17.9 Å². The van der Waals surface area contributed by atoms with Crippen LogP contribution < -0.4 is 14.8 Å². The number of rotatable bonds is 7. The molecule has 0 saturated heterocycles. The summed E-state index contributed by atoms with van der Waals surface area (Å²) < 4.78 is 34.4. The lowest BCUT2D eigenvalue weighted by Crippen LogP contribution is -2.30. The van der Waals surface area contributed by atoms with Crippen LogP contribution in [0.2, 0.25) is 0 Å². The Morgan fingerprint density at radius 1 is 0.844 bits per heavy atom. The lowest BCUT2D eigenvalue weighted by Gasteiger charge is -2.17. The Hall–Kier alpha value is -3.32. The van der Waals surface area contributed by atoms with Crippen molar-refractivity contribution >= 4 is 27.3 Å². The first-order chi connectivity index (χ1) is 15.0. The number of carbonyl (C=O) groups excluding carboxylic acids is 1. The summed E-state index contributed by atoms with van der Waals surface area (Å²) in [5, 5.41) is 2.74. The van der Waals surface area contributed by atoms with Gasteiger partial charge in [-0.15, -0.1) is 0 Å². The standard InChI is InChI=1S/C25H28N2O4S/c1-16-6-11-22(12-7-16)31-20(5)25(28)26-21-10-9-18(3)24(15-21)32(29,30)27-23-13-8-17(2)14-19(23)4/h6-15,20,27H,1-5H3,(H,26,28)/t20-/m1/s1. The van der Waals surface area contributed by atoms with Crippen molar-refractivity contribution in [3.63, 3.8) is 0 Å². The molecule has 7 heteroatoms. The molecule has 0 aliphatic carbocycles. The third-order valence-corrected chi connectivity index (χ3v) is 6.58. The summed E-state index contributed by atoms with van der Waals surface area (Å²) in [6, 6.07) is 17.7. The van der Waals surface area contributed by atoms with E-state index >= 15 is 0 Å². The van der Waals surface area contributed by atoms with Gasteiger partial charge in [-0.1, -0.05) is 41.5 Å². The highest BCUT2D eigenvalue weighted by Crippen LogP contribution is 2.25. The van der Waals surface area contributed by atoms with Crippen LogP contribution in [0.3, 0.4) is 0 Å². The summed E-state index contributed by atoms with van der Waals surface area (Å²) in [5.74, 6) is 0.211. The molecule has 0 radical (unpaired) electrons. The largest absolute Gasteiger partial charge is 0.481 e. The van der Waals surface area contributed by atoms with Gasteiger partial charge < -0.3 is 10.1 Å². The van der Waals surface area contributed by atoms with Gasteiger partial charge in [-0.3, -0.25) is 9.52 Å². The van der Waals surface area contributed by atoms with E-state index in [0.717, 1.165) is 16.7 Å². The molecule has 3 aromatic rings. The molecule has 1 atom stereocenters. The van der Waals surface area contributed by atoms with Crippen LogP contribution in [-0.2, 0) is 14.8 Å². The van der Waals surface area contributed by atoms with Crippen molar-refractivity contribution in [2.45, 2.75) is 45.6 Å². The fourth-order valence-corrected chi connectivity index (χ4v) is 4.62. The van der Waals surface area contributed by atoms with Gasteiger partial charge in [0, 0.05) is 5.69 Å². The topological polar surface area (TPSA) is 84.5 Å². The number of benzene rings is 3. The van der Waals surface area contributed by atoms with Crippen molar-refractivity contribution in [3.05, 3.63) is 82.9 Å². The summed E-state index contributed by atoms with van der Waals surface area (Å²) in [6.07, 6.45) is -0.757. The van der Waals surface area contributed by atoms with Crippen LogP contribution in [0.4, 0.5) is 11.4 Å². The number of hydrogen-bond acceptors (Lipinski definition) is 4. The SMILES string of the molecule is Cc1ccc(O[C@H](C)C(=O)Nc2ccc(C)c(S(=O)(=O)Nc3ccc(C)cc3C)c2)cc1. The zero-order valence-electron chi connectivity index (χ0n) is 18.9. The third-order valence-electron chi connectivity index (χ3n) is 5.07. The summed E-state index contributed by atoms with van der Waals surface area (Å²) in [7, 11) is -3.84. The van der Waals surface area contributed by atoms with Crippen molar-refractivity contribution in [1.82, 2.24) is 0 Å². The van der Waals surface area contributed by atoms with E-state index in [1.54, 1.807) is 44.2 Å². The average Bonchev–Trinajstić information content (AvgIpc) is 2.73. The number of nitrogens with one attached hydrogen (secondary N) is 2. The van der Waals surface area contributed by atoms with Gasteiger partial charge in [0.05, 0.1) is 10.6 Å². The average molecular weight is 453 g/mol. The molecule has 3 aromatic carbocycles. The monoisotopic (exact) mass is 452 g/mol. The summed E-state index contributed by atoms with van der Waals surface area (Å²) in [6.45, 7) is 9.13. The third kappa shape index (κ3) is 5.68. The van der Waals surface area contributed by atoms with E-state index in [-0.39, 0.29) is 10.8 Å². The van der Waals surface area contributed by atoms with Crippen LogP contribution in [-0.4, -0.2) is 20.4 Å². The van der Waals surface area contributed by atoms with Crippen LogP contribution in [0, 0.1) is 27.7 Å². The van der Waals surface area contributed by atoms with Crippen LogP contribution in [0.15, 0.2) is 65.6 Å². The number of carbonyl (C=O) groups is 1. The fourth-order valence-electron chi connectivity index (χ4n) is 3.21. The van der Waals surface area contributed by atoms with E-state index in [9.17, 15) is 13.2 Å². The molecule has 1 amide bonds. The molecule has 2 N–H and O–H groups in total. The van der Waals surface area contributed by atoms with Crippen molar-refractivity contribution in [2.75, 3.05) is 10.0 Å². The minimum atomic E-state index is -3.84. The van der Waals surface area contributed by atoms with Crippen LogP contribution in [0.5, 0.6) is 5.75 Å². The molecular weight excluding hydrogens is 424 g/mol. The normalized spacial score (nSPS) is 12.2. The van der Waals surface area contributed by atoms with Gasteiger partial charge in [0.1, 0.15) is 5.75 Å². The predicted molar refractivity (Wildman–Crippen MR) is 128 cm³/mol. The minimum absolute atomic E-state index is 0.0994. The second-order valence-corrected chi connectivity index (χ2v) is 9.62. The number of ether oxygens (including phenoxy) is 1. The zero-order valence-corrected chi connectivity index (χ0v) is 19.7. The van der Waals surface area contributed by atoms with Gasteiger partial charge in [-0.25, -0.2) is 8.42 Å². The van der Waals surface area contributed by atoms with E-state index in [1.807, 2.05) is 45.0 Å². The van der Waals surface area contributed by atoms with E-state index in [2.05, 4.69) is 10.0 Å². The molecule has 0 aliphatic rings. The van der Waals surface area contributed by atoms with Gasteiger partial charge in [0.2, 0.25) is 0 Å². The first-order valence-corrected chi connectivity index (χ1v) is 11.8. The van der Waals surface area contributed by atoms with Crippen molar-refractivity contribution in [3.8, 4) is 5.75 Å². The maximum absolute atomic E-state index is 13.1. The predicted octanol–water partition coefficient (Wildman–Crippen LogP) is 5.13. The van der Waals surface area contributed by atoms with Crippen molar-refractivity contribution in [1.29, 1.82) is 0 Å². The zero-order chi connectivity index (χ0) is 23.5. The van der Waals surface area contributed by atoms with Crippen LogP contribution >= 0.6 is 0 Å². The molecule has 0 fully saturated rings. The first kappa shape index (κ1) is 23.3. The molecule has 0 heterocycles. The Morgan fingerprint density at radius 2 is 1.50 bits per heavy atom. The number of hydrogen-bond donors (Lipinski definition) is 2. The van der Waals surface area contributed by atoms with E-state index in [1.165, 1.54) is 6.07 Å². The Labute approximate surface area is 189 Å². The van der Waals surface area contributed by atoms with Crippen LogP contribution in [0.1, 0.15) is 29.2 Å². The smallest absolute Gasteiger partial charge is 0.265 e. The Morgan fingerprint density at radius 3 is 2.16 bits per heavy atom. The Kier molecular flexibility index (Phi) is 6.89. The highest BCUT2D eigenvalue weighted by Gasteiger charge is 2.20. The first-order valence-electron chi connectivity index (χ1n) is 10.3. The molecule has 0 saturated carbocycles. The molecule has 6 nitrogen and oxygen atoms in total. The molecule has 32 heavy (non-hydrogen) atoms. The molecule has 168 valence electrons. The fraction of sp³-hybridized carbons (Fsp3) is 0.240. The molecule has 3 rings (SSSR count). The number of anilines is 2. The summed E-state index contributed by atoms with van der Waals surface area (Å²) >= 11 is 0. The van der Waals surface area contributed by atoms with Gasteiger partial charge in [-0.2, -0.15) is 0 Å². The second kappa shape index (κ2) is 9.44. The van der Waals surface area contributed by atoms with Gasteiger partial charge in [0.15, 0.2) is 6.10 Å². The molecule has 0 aliphatic heterocycles. The Balaban J connectivity index is 1.77. The maximum atomic E-state index is 13.1. The summed E-state index contributed by atoms with van der Waals surface area (Å²) in [5.41, 5.74) is 4.44. The maximum Gasteiger partial charge on any atom is 0.265 e.